The highest BCUT2D eigenvalue weighted by Gasteiger charge is 2.12. The molecule has 2 aromatic carbocycles. The van der Waals surface area contributed by atoms with Crippen molar-refractivity contribution in [3.63, 3.8) is 0 Å². The van der Waals surface area contributed by atoms with Gasteiger partial charge >= 0.3 is 0 Å². The van der Waals surface area contributed by atoms with Gasteiger partial charge in [0.05, 0.1) is 16.8 Å². The fourth-order valence-electron chi connectivity index (χ4n) is 1.70. The topological polar surface area (TPSA) is 32.3 Å². The zero-order valence-electron chi connectivity index (χ0n) is 9.91. The van der Waals surface area contributed by atoms with E-state index >= 15 is 0 Å². The van der Waals surface area contributed by atoms with Crippen molar-refractivity contribution in [3.05, 3.63) is 64.7 Å². The first kappa shape index (κ1) is 13.8. The molecule has 2 nitrogen and oxygen atoms in total. The van der Waals surface area contributed by atoms with Gasteiger partial charge in [0.2, 0.25) is 0 Å². The van der Waals surface area contributed by atoms with E-state index in [1.165, 1.54) is 0 Å². The van der Waals surface area contributed by atoms with E-state index in [9.17, 15) is 13.9 Å². The minimum atomic E-state index is -0.804. The molecular formula is C14H12ClF2NO. The van der Waals surface area contributed by atoms with Crippen LogP contribution in [-0.4, -0.2) is 11.7 Å². The van der Waals surface area contributed by atoms with E-state index in [-0.39, 0.29) is 17.3 Å². The standard InChI is InChI=1S/C14H12ClF2NO/c15-11-6-10(16)7-12(17)14(11)18-8-13(19)9-4-2-1-3-5-9/h1-7,13,18-19H,8H2. The second-order valence-electron chi connectivity index (χ2n) is 4.05. The molecule has 19 heavy (non-hydrogen) atoms. The van der Waals surface area contributed by atoms with Gasteiger partial charge in [-0.25, -0.2) is 8.78 Å². The molecule has 100 valence electrons. The fraction of sp³-hybridized carbons (Fsp3) is 0.143. The van der Waals surface area contributed by atoms with Crippen LogP contribution >= 0.6 is 11.6 Å². The van der Waals surface area contributed by atoms with Crippen LogP contribution in [0.3, 0.4) is 0 Å². The molecule has 0 fully saturated rings. The SMILES string of the molecule is OC(CNc1c(F)cc(F)cc1Cl)c1ccccc1. The largest absolute Gasteiger partial charge is 0.387 e. The molecule has 0 aliphatic rings. The lowest BCUT2D eigenvalue weighted by molar-refractivity contribution is 0.191. The summed E-state index contributed by atoms with van der Waals surface area (Å²) in [6.45, 7) is 0.0757. The number of rotatable bonds is 4. The van der Waals surface area contributed by atoms with Crippen LogP contribution in [0.25, 0.3) is 0 Å². The van der Waals surface area contributed by atoms with Crippen molar-refractivity contribution in [2.75, 3.05) is 11.9 Å². The van der Waals surface area contributed by atoms with Crippen molar-refractivity contribution in [2.24, 2.45) is 0 Å². The average molecular weight is 284 g/mol. The monoisotopic (exact) mass is 283 g/mol. The average Bonchev–Trinajstić information content (AvgIpc) is 2.38. The number of aliphatic hydroxyl groups is 1. The Labute approximate surface area is 114 Å². The quantitative estimate of drug-likeness (QED) is 0.895. The van der Waals surface area contributed by atoms with Gasteiger partial charge < -0.3 is 10.4 Å². The Morgan fingerprint density at radius 1 is 1.16 bits per heavy atom. The van der Waals surface area contributed by atoms with E-state index in [0.29, 0.717) is 5.56 Å². The molecule has 2 aromatic rings. The van der Waals surface area contributed by atoms with E-state index in [1.54, 1.807) is 24.3 Å². The number of hydrogen-bond acceptors (Lipinski definition) is 2. The first-order valence-electron chi connectivity index (χ1n) is 5.69. The maximum absolute atomic E-state index is 13.5. The van der Waals surface area contributed by atoms with Gasteiger partial charge in [-0.15, -0.1) is 0 Å². The number of halogens is 3. The number of anilines is 1. The minimum Gasteiger partial charge on any atom is -0.387 e. The lowest BCUT2D eigenvalue weighted by Gasteiger charge is -2.14. The summed E-state index contributed by atoms with van der Waals surface area (Å²) in [7, 11) is 0. The van der Waals surface area contributed by atoms with Gasteiger partial charge in [-0.05, 0) is 11.6 Å². The lowest BCUT2D eigenvalue weighted by Crippen LogP contribution is -2.13. The van der Waals surface area contributed by atoms with Crippen LogP contribution in [-0.2, 0) is 0 Å². The molecule has 0 bridgehead atoms. The molecule has 2 rings (SSSR count). The molecule has 1 atom stereocenters. The smallest absolute Gasteiger partial charge is 0.150 e. The maximum atomic E-state index is 13.5. The molecule has 1 unspecified atom stereocenters. The summed E-state index contributed by atoms with van der Waals surface area (Å²) in [5.74, 6) is -1.53. The molecule has 0 aliphatic heterocycles. The van der Waals surface area contributed by atoms with E-state index in [2.05, 4.69) is 5.32 Å². The van der Waals surface area contributed by atoms with Crippen LogP contribution in [0.15, 0.2) is 42.5 Å². The van der Waals surface area contributed by atoms with Crippen LogP contribution in [0.5, 0.6) is 0 Å². The second kappa shape index (κ2) is 5.99. The highest BCUT2D eigenvalue weighted by atomic mass is 35.5. The van der Waals surface area contributed by atoms with Gasteiger partial charge in [0.1, 0.15) is 5.82 Å². The lowest BCUT2D eigenvalue weighted by atomic mass is 10.1. The molecule has 0 amide bonds. The van der Waals surface area contributed by atoms with Crippen LogP contribution in [0.2, 0.25) is 5.02 Å². The van der Waals surface area contributed by atoms with E-state index in [1.807, 2.05) is 6.07 Å². The number of nitrogens with one attached hydrogen (secondary N) is 1. The highest BCUT2D eigenvalue weighted by Crippen LogP contribution is 2.27. The number of hydrogen-bond donors (Lipinski definition) is 2. The van der Waals surface area contributed by atoms with Crippen molar-refractivity contribution in [1.29, 1.82) is 0 Å². The first-order chi connectivity index (χ1) is 9.08. The summed E-state index contributed by atoms with van der Waals surface area (Å²) < 4.78 is 26.4. The fourth-order valence-corrected chi connectivity index (χ4v) is 1.96. The second-order valence-corrected chi connectivity index (χ2v) is 4.46. The van der Waals surface area contributed by atoms with Crippen molar-refractivity contribution in [1.82, 2.24) is 0 Å². The molecule has 2 N–H and O–H groups in total. The van der Waals surface area contributed by atoms with Crippen LogP contribution < -0.4 is 5.32 Å². The van der Waals surface area contributed by atoms with Gasteiger partial charge in [-0.1, -0.05) is 41.9 Å². The summed E-state index contributed by atoms with van der Waals surface area (Å²) >= 11 is 5.74. The van der Waals surface area contributed by atoms with Crippen LogP contribution in [0.1, 0.15) is 11.7 Å². The van der Waals surface area contributed by atoms with E-state index < -0.39 is 17.7 Å². The Balaban J connectivity index is 2.07. The first-order valence-corrected chi connectivity index (χ1v) is 6.07. The molecule has 0 heterocycles. The molecule has 0 aliphatic carbocycles. The Kier molecular flexibility index (Phi) is 4.35. The molecule has 0 saturated carbocycles. The molecular weight excluding hydrogens is 272 g/mol. The zero-order valence-corrected chi connectivity index (χ0v) is 10.7. The third kappa shape index (κ3) is 3.43. The normalized spacial score (nSPS) is 12.2. The minimum absolute atomic E-state index is 0.0157. The van der Waals surface area contributed by atoms with E-state index in [4.69, 9.17) is 11.6 Å². The molecule has 0 spiro atoms. The number of aliphatic hydroxyl groups excluding tert-OH is 1. The van der Waals surface area contributed by atoms with Crippen molar-refractivity contribution >= 4 is 17.3 Å². The summed E-state index contributed by atoms with van der Waals surface area (Å²) in [4.78, 5) is 0. The number of benzene rings is 2. The van der Waals surface area contributed by atoms with Gasteiger partial charge in [0.15, 0.2) is 5.82 Å². The van der Waals surface area contributed by atoms with Crippen molar-refractivity contribution in [2.45, 2.75) is 6.10 Å². The van der Waals surface area contributed by atoms with Crippen LogP contribution in [0, 0.1) is 11.6 Å². The van der Waals surface area contributed by atoms with Crippen LogP contribution in [0.4, 0.5) is 14.5 Å². The predicted molar refractivity (Wildman–Crippen MR) is 71.3 cm³/mol. The molecule has 0 aromatic heterocycles. The van der Waals surface area contributed by atoms with Gasteiger partial charge in [-0.2, -0.15) is 0 Å². The summed E-state index contributed by atoms with van der Waals surface area (Å²) in [6, 6.07) is 10.7. The Morgan fingerprint density at radius 3 is 2.47 bits per heavy atom. The molecule has 0 saturated heterocycles. The summed E-state index contributed by atoms with van der Waals surface area (Å²) in [5, 5.41) is 12.5. The van der Waals surface area contributed by atoms with Gasteiger partial charge in [-0.3, -0.25) is 0 Å². The predicted octanol–water partition coefficient (Wildman–Crippen LogP) is 3.76. The van der Waals surface area contributed by atoms with Crippen molar-refractivity contribution in [3.8, 4) is 0 Å². The molecule has 5 heteroatoms. The Bertz CT molecular complexity index is 540. The van der Waals surface area contributed by atoms with Gasteiger partial charge in [0.25, 0.3) is 0 Å². The third-order valence-electron chi connectivity index (χ3n) is 2.66. The van der Waals surface area contributed by atoms with Crippen molar-refractivity contribution < 1.29 is 13.9 Å². The Morgan fingerprint density at radius 2 is 1.84 bits per heavy atom. The van der Waals surface area contributed by atoms with E-state index in [0.717, 1.165) is 12.1 Å². The van der Waals surface area contributed by atoms with Gasteiger partial charge in [0, 0.05) is 12.6 Å². The third-order valence-corrected chi connectivity index (χ3v) is 2.96. The molecule has 0 radical (unpaired) electrons. The maximum Gasteiger partial charge on any atom is 0.150 e. The summed E-state index contributed by atoms with van der Waals surface area (Å²) in [5.41, 5.74) is 0.687. The summed E-state index contributed by atoms with van der Waals surface area (Å²) in [6.07, 6.45) is -0.804. The zero-order chi connectivity index (χ0) is 13.8. The Hall–Kier alpha value is -1.65. The highest BCUT2D eigenvalue weighted by molar-refractivity contribution is 6.33.